The smallest absolute Gasteiger partial charge is 0.241 e. The molecular formula is C17H21NO4S. The van der Waals surface area contributed by atoms with E-state index in [4.69, 9.17) is 9.47 Å². The van der Waals surface area contributed by atoms with Crippen molar-refractivity contribution in [2.45, 2.75) is 30.8 Å². The largest absolute Gasteiger partial charge is 0.493 e. The van der Waals surface area contributed by atoms with E-state index in [1.807, 2.05) is 25.1 Å². The zero-order chi connectivity index (χ0) is 16.3. The highest BCUT2D eigenvalue weighted by Crippen LogP contribution is 2.31. The first-order valence-electron chi connectivity index (χ1n) is 7.87. The molecule has 2 aromatic rings. The average molecular weight is 335 g/mol. The molecule has 0 saturated carbocycles. The number of ether oxygens (including phenoxy) is 2. The summed E-state index contributed by atoms with van der Waals surface area (Å²) in [4.78, 5) is 0.273. The molecule has 0 aromatic heterocycles. The maximum atomic E-state index is 12.7. The molecule has 2 aromatic carbocycles. The molecule has 0 bridgehead atoms. The van der Waals surface area contributed by atoms with Crippen LogP contribution in [0.5, 0.6) is 5.75 Å². The second-order valence-electron chi connectivity index (χ2n) is 5.53. The van der Waals surface area contributed by atoms with E-state index < -0.39 is 10.0 Å². The Morgan fingerprint density at radius 2 is 2.00 bits per heavy atom. The summed E-state index contributed by atoms with van der Waals surface area (Å²) in [5.74, 6) is 0.696. The zero-order valence-corrected chi connectivity index (χ0v) is 13.9. The number of hydrogen-bond donors (Lipinski definition) is 1. The lowest BCUT2D eigenvalue weighted by molar-refractivity contribution is 0.114. The van der Waals surface area contributed by atoms with Crippen LogP contribution in [0.2, 0.25) is 0 Å². The van der Waals surface area contributed by atoms with Crippen LogP contribution in [0.25, 0.3) is 10.8 Å². The Morgan fingerprint density at radius 3 is 2.70 bits per heavy atom. The molecule has 1 N–H and O–H groups in total. The Labute approximate surface area is 136 Å². The Balaban J connectivity index is 1.93. The van der Waals surface area contributed by atoms with Crippen molar-refractivity contribution >= 4 is 20.8 Å². The molecular weight excluding hydrogens is 314 g/mol. The maximum absolute atomic E-state index is 12.7. The van der Waals surface area contributed by atoms with Gasteiger partial charge in [-0.3, -0.25) is 0 Å². The van der Waals surface area contributed by atoms with Crippen LogP contribution in [-0.2, 0) is 14.8 Å². The van der Waals surface area contributed by atoms with Crippen LogP contribution in [0.4, 0.5) is 0 Å². The third-order valence-electron chi connectivity index (χ3n) is 3.96. The summed E-state index contributed by atoms with van der Waals surface area (Å²) >= 11 is 0. The molecule has 6 heteroatoms. The maximum Gasteiger partial charge on any atom is 0.241 e. The lowest BCUT2D eigenvalue weighted by Gasteiger charge is -2.14. The Morgan fingerprint density at radius 1 is 1.22 bits per heavy atom. The van der Waals surface area contributed by atoms with Gasteiger partial charge in [-0.25, -0.2) is 13.1 Å². The zero-order valence-electron chi connectivity index (χ0n) is 13.1. The number of rotatable bonds is 6. The van der Waals surface area contributed by atoms with Crippen LogP contribution in [0.3, 0.4) is 0 Å². The fourth-order valence-electron chi connectivity index (χ4n) is 2.85. The van der Waals surface area contributed by atoms with Crippen molar-refractivity contribution in [2.75, 3.05) is 19.8 Å². The minimum atomic E-state index is -3.59. The van der Waals surface area contributed by atoms with Gasteiger partial charge in [-0.2, -0.15) is 0 Å². The van der Waals surface area contributed by atoms with E-state index in [0.717, 1.165) is 18.2 Å². The van der Waals surface area contributed by atoms with Crippen LogP contribution in [0.15, 0.2) is 41.3 Å². The summed E-state index contributed by atoms with van der Waals surface area (Å²) in [5, 5.41) is 1.47. The first-order chi connectivity index (χ1) is 11.1. The molecule has 5 nitrogen and oxygen atoms in total. The molecule has 3 rings (SSSR count). The summed E-state index contributed by atoms with van der Waals surface area (Å²) in [6.07, 6.45) is 1.85. The molecule has 124 valence electrons. The van der Waals surface area contributed by atoms with E-state index in [-0.39, 0.29) is 11.0 Å². The van der Waals surface area contributed by atoms with Gasteiger partial charge in [0.1, 0.15) is 5.75 Å². The fourth-order valence-corrected chi connectivity index (χ4v) is 4.12. The number of benzene rings is 2. The molecule has 1 heterocycles. The first-order valence-corrected chi connectivity index (χ1v) is 9.36. The van der Waals surface area contributed by atoms with Crippen molar-refractivity contribution in [3.63, 3.8) is 0 Å². The lowest BCUT2D eigenvalue weighted by Crippen LogP contribution is -2.31. The third kappa shape index (κ3) is 3.49. The highest BCUT2D eigenvalue weighted by atomic mass is 32.2. The highest BCUT2D eigenvalue weighted by Gasteiger charge is 2.22. The Hall–Kier alpha value is -1.63. The Kier molecular flexibility index (Phi) is 4.84. The molecule has 1 saturated heterocycles. The van der Waals surface area contributed by atoms with Crippen LogP contribution in [0.1, 0.15) is 19.8 Å². The fraction of sp³-hybridized carbons (Fsp3) is 0.412. The normalized spacial score (nSPS) is 18.4. The number of sulfonamides is 1. The van der Waals surface area contributed by atoms with E-state index in [9.17, 15) is 8.42 Å². The molecule has 0 aliphatic carbocycles. The predicted octanol–water partition coefficient (Wildman–Crippen LogP) is 2.70. The molecule has 1 aliphatic heterocycles. The summed E-state index contributed by atoms with van der Waals surface area (Å²) in [6, 6.07) is 10.7. The van der Waals surface area contributed by atoms with Gasteiger partial charge in [0.2, 0.25) is 10.0 Å². The van der Waals surface area contributed by atoms with E-state index >= 15 is 0 Å². The van der Waals surface area contributed by atoms with Crippen LogP contribution in [-0.4, -0.2) is 34.3 Å². The van der Waals surface area contributed by atoms with Gasteiger partial charge in [-0.15, -0.1) is 0 Å². The van der Waals surface area contributed by atoms with E-state index in [1.54, 1.807) is 18.2 Å². The molecule has 1 aliphatic rings. The Bertz CT molecular complexity index is 782. The summed E-state index contributed by atoms with van der Waals surface area (Å²) in [5.41, 5.74) is 0. The van der Waals surface area contributed by atoms with Crippen molar-refractivity contribution in [3.05, 3.63) is 36.4 Å². The van der Waals surface area contributed by atoms with E-state index in [1.165, 1.54) is 0 Å². The average Bonchev–Trinajstić information content (AvgIpc) is 3.07. The van der Waals surface area contributed by atoms with Crippen molar-refractivity contribution in [2.24, 2.45) is 0 Å². The third-order valence-corrected chi connectivity index (χ3v) is 5.44. The summed E-state index contributed by atoms with van der Waals surface area (Å²) < 4.78 is 39.1. The number of fused-ring (bicyclic) bond motifs is 1. The molecule has 1 atom stereocenters. The molecule has 23 heavy (non-hydrogen) atoms. The predicted molar refractivity (Wildman–Crippen MR) is 89.3 cm³/mol. The first kappa shape index (κ1) is 16.2. The van der Waals surface area contributed by atoms with Gasteiger partial charge in [0.15, 0.2) is 0 Å². The molecule has 0 radical (unpaired) electrons. The van der Waals surface area contributed by atoms with Gasteiger partial charge in [0.05, 0.1) is 17.6 Å². The van der Waals surface area contributed by atoms with E-state index in [0.29, 0.717) is 30.9 Å². The van der Waals surface area contributed by atoms with Gasteiger partial charge in [-0.05, 0) is 31.9 Å². The van der Waals surface area contributed by atoms with Gasteiger partial charge in [0, 0.05) is 23.9 Å². The topological polar surface area (TPSA) is 64.6 Å². The second-order valence-corrected chi connectivity index (χ2v) is 7.26. The summed E-state index contributed by atoms with van der Waals surface area (Å²) in [6.45, 7) is 3.46. The minimum absolute atomic E-state index is 0.0289. The highest BCUT2D eigenvalue weighted by molar-refractivity contribution is 7.89. The standard InChI is InChI=1S/C17H21NO4S/c1-2-21-16-9-10-17(15-8-4-3-7-14(15)16)23(19,20)18-12-13-6-5-11-22-13/h3-4,7-10,13,18H,2,5-6,11-12H2,1H3/t13-/m0/s1. The van der Waals surface area contributed by atoms with Gasteiger partial charge < -0.3 is 9.47 Å². The van der Waals surface area contributed by atoms with E-state index in [2.05, 4.69) is 4.72 Å². The minimum Gasteiger partial charge on any atom is -0.493 e. The van der Waals surface area contributed by atoms with Crippen molar-refractivity contribution in [1.82, 2.24) is 4.72 Å². The quantitative estimate of drug-likeness (QED) is 0.881. The van der Waals surface area contributed by atoms with Crippen molar-refractivity contribution in [3.8, 4) is 5.75 Å². The van der Waals surface area contributed by atoms with Gasteiger partial charge in [0.25, 0.3) is 0 Å². The van der Waals surface area contributed by atoms with Crippen LogP contribution < -0.4 is 9.46 Å². The molecule has 0 amide bonds. The number of nitrogens with one attached hydrogen (secondary N) is 1. The molecule has 0 spiro atoms. The van der Waals surface area contributed by atoms with Crippen LogP contribution in [0, 0.1) is 0 Å². The molecule has 0 unspecified atom stereocenters. The van der Waals surface area contributed by atoms with Crippen molar-refractivity contribution < 1.29 is 17.9 Å². The SMILES string of the molecule is CCOc1ccc(S(=O)(=O)NC[C@@H]2CCCO2)c2ccccc12. The van der Waals surface area contributed by atoms with Crippen LogP contribution >= 0.6 is 0 Å². The number of hydrogen-bond acceptors (Lipinski definition) is 4. The van der Waals surface area contributed by atoms with Crippen molar-refractivity contribution in [1.29, 1.82) is 0 Å². The monoisotopic (exact) mass is 335 g/mol. The van der Waals surface area contributed by atoms with Gasteiger partial charge >= 0.3 is 0 Å². The lowest BCUT2D eigenvalue weighted by atomic mass is 10.1. The second kappa shape index (κ2) is 6.86. The van der Waals surface area contributed by atoms with Gasteiger partial charge in [-0.1, -0.05) is 24.3 Å². The molecule has 1 fully saturated rings. The summed E-state index contributed by atoms with van der Waals surface area (Å²) in [7, 11) is -3.59.